The number of carbonyl (C=O) groups excluding carboxylic acids is 2. The highest BCUT2D eigenvalue weighted by atomic mass is 16.2. The maximum Gasteiger partial charge on any atom is 0.232 e. The summed E-state index contributed by atoms with van der Waals surface area (Å²) < 4.78 is 0. The van der Waals surface area contributed by atoms with Crippen LogP contribution in [-0.4, -0.2) is 42.9 Å². The predicted octanol–water partition coefficient (Wildman–Crippen LogP) is 2.10. The summed E-state index contributed by atoms with van der Waals surface area (Å²) in [6.07, 6.45) is 6.44. The van der Waals surface area contributed by atoms with Gasteiger partial charge in [0.05, 0.1) is 11.3 Å². The van der Waals surface area contributed by atoms with Crippen molar-refractivity contribution >= 4 is 17.5 Å². The Labute approximate surface area is 167 Å². The van der Waals surface area contributed by atoms with Gasteiger partial charge in [-0.25, -0.2) is 0 Å². The van der Waals surface area contributed by atoms with E-state index in [4.69, 9.17) is 5.73 Å². The molecular weight excluding hydrogens is 352 g/mol. The summed E-state index contributed by atoms with van der Waals surface area (Å²) in [5.74, 6) is 0.424. The van der Waals surface area contributed by atoms with E-state index in [0.717, 1.165) is 70.5 Å². The largest absolute Gasteiger partial charge is 0.369 e. The molecule has 2 saturated heterocycles. The van der Waals surface area contributed by atoms with Crippen molar-refractivity contribution in [2.24, 2.45) is 23.0 Å². The first kappa shape index (κ1) is 19.4. The molecule has 3 fully saturated rings. The average molecular weight is 385 g/mol. The molecule has 1 unspecified atom stereocenters. The number of carbonyl (C=O) groups is 2. The van der Waals surface area contributed by atoms with Crippen molar-refractivity contribution in [1.82, 2.24) is 10.2 Å². The van der Waals surface area contributed by atoms with Crippen LogP contribution < -0.4 is 16.4 Å². The number of primary amides is 1. The van der Waals surface area contributed by atoms with Gasteiger partial charge >= 0.3 is 0 Å². The minimum absolute atomic E-state index is 0.0324. The monoisotopic (exact) mass is 384 g/mol. The van der Waals surface area contributed by atoms with Crippen LogP contribution in [0.2, 0.25) is 0 Å². The molecule has 3 aliphatic rings. The van der Waals surface area contributed by atoms with E-state index in [1.54, 1.807) is 0 Å². The van der Waals surface area contributed by atoms with E-state index < -0.39 is 0 Å². The Balaban J connectivity index is 1.36. The summed E-state index contributed by atoms with van der Waals surface area (Å²) in [5.41, 5.74) is 7.31. The first-order valence-electron chi connectivity index (χ1n) is 10.7. The van der Waals surface area contributed by atoms with E-state index in [-0.39, 0.29) is 23.1 Å². The van der Waals surface area contributed by atoms with Gasteiger partial charge in [-0.1, -0.05) is 25.0 Å². The molecule has 3 atom stereocenters. The lowest BCUT2D eigenvalue weighted by molar-refractivity contribution is -0.128. The van der Waals surface area contributed by atoms with Crippen LogP contribution in [0, 0.1) is 17.3 Å². The lowest BCUT2D eigenvalue weighted by Crippen LogP contribution is -2.44. The third kappa shape index (κ3) is 3.94. The molecule has 4 rings (SSSR count). The third-order valence-corrected chi connectivity index (χ3v) is 7.02. The van der Waals surface area contributed by atoms with Crippen LogP contribution in [0.4, 0.5) is 5.69 Å². The molecule has 6 nitrogen and oxygen atoms in total. The summed E-state index contributed by atoms with van der Waals surface area (Å²) in [7, 11) is 0. The first-order chi connectivity index (χ1) is 13.6. The van der Waals surface area contributed by atoms with Gasteiger partial charge in [0.25, 0.3) is 0 Å². The number of anilines is 1. The van der Waals surface area contributed by atoms with Crippen molar-refractivity contribution in [2.75, 3.05) is 31.5 Å². The summed E-state index contributed by atoms with van der Waals surface area (Å²) in [6, 6.07) is 8.15. The minimum Gasteiger partial charge on any atom is -0.369 e. The maximum atomic E-state index is 13.1. The number of likely N-dealkylation sites (tertiary alicyclic amines) is 1. The number of amides is 2. The zero-order valence-electron chi connectivity index (χ0n) is 16.6. The quantitative estimate of drug-likeness (QED) is 0.726. The molecule has 6 heteroatoms. The minimum atomic E-state index is -0.228. The lowest BCUT2D eigenvalue weighted by atomic mass is 9.67. The van der Waals surface area contributed by atoms with Gasteiger partial charge in [-0.05, 0) is 62.4 Å². The number of rotatable bonds is 5. The molecule has 1 aromatic rings. The molecule has 0 radical (unpaired) electrons. The fraction of sp³-hybridized carbons (Fsp3) is 0.636. The highest BCUT2D eigenvalue weighted by Crippen LogP contribution is 2.44. The second-order valence-corrected chi connectivity index (χ2v) is 8.86. The molecule has 1 aromatic carbocycles. The van der Waals surface area contributed by atoms with Gasteiger partial charge in [0.2, 0.25) is 11.8 Å². The first-order valence-corrected chi connectivity index (χ1v) is 10.7. The normalized spacial score (nSPS) is 30.6. The molecular formula is C22H32N4O2. The van der Waals surface area contributed by atoms with Crippen molar-refractivity contribution < 1.29 is 9.59 Å². The Morgan fingerprint density at radius 1 is 1.18 bits per heavy atom. The van der Waals surface area contributed by atoms with Crippen molar-refractivity contribution in [3.8, 4) is 0 Å². The van der Waals surface area contributed by atoms with Crippen LogP contribution in [0.25, 0.3) is 0 Å². The van der Waals surface area contributed by atoms with Crippen LogP contribution in [0.5, 0.6) is 0 Å². The topological polar surface area (TPSA) is 87.5 Å². The Morgan fingerprint density at radius 3 is 2.79 bits per heavy atom. The van der Waals surface area contributed by atoms with Crippen LogP contribution in [0.15, 0.2) is 24.3 Å². The van der Waals surface area contributed by atoms with Crippen LogP contribution in [0.1, 0.15) is 44.1 Å². The van der Waals surface area contributed by atoms with Crippen molar-refractivity contribution in [3.63, 3.8) is 0 Å². The van der Waals surface area contributed by atoms with Gasteiger partial charge in [0, 0.05) is 25.3 Å². The smallest absolute Gasteiger partial charge is 0.232 e. The Morgan fingerprint density at radius 2 is 2.00 bits per heavy atom. The van der Waals surface area contributed by atoms with Gasteiger partial charge in [-0.3, -0.25) is 14.5 Å². The van der Waals surface area contributed by atoms with Gasteiger partial charge in [0.1, 0.15) is 0 Å². The van der Waals surface area contributed by atoms with Crippen LogP contribution in [0.3, 0.4) is 0 Å². The van der Waals surface area contributed by atoms with E-state index in [2.05, 4.69) is 27.7 Å². The molecule has 0 spiro atoms. The van der Waals surface area contributed by atoms with E-state index in [1.807, 2.05) is 12.1 Å². The Hall–Kier alpha value is -1.92. The second-order valence-electron chi connectivity index (χ2n) is 8.86. The summed E-state index contributed by atoms with van der Waals surface area (Å²) in [5, 5.41) is 6.61. The summed E-state index contributed by atoms with van der Waals surface area (Å²) in [6.45, 7) is 4.32. The number of fused-ring (bicyclic) bond motifs is 1. The molecule has 2 heterocycles. The second kappa shape index (κ2) is 8.21. The molecule has 4 N–H and O–H groups in total. The number of benzene rings is 1. The number of nitrogens with two attached hydrogens (primary N) is 1. The Kier molecular flexibility index (Phi) is 5.69. The molecule has 1 saturated carbocycles. The van der Waals surface area contributed by atoms with Crippen LogP contribution in [-0.2, 0) is 16.1 Å². The van der Waals surface area contributed by atoms with Gasteiger partial charge in [0.15, 0.2) is 0 Å². The SMILES string of the molecule is NC(=O)C1CCCN(Cc2ccc(NC(=O)[C@@]34CCCC[C@H]3CNC4)cc2)C1. The van der Waals surface area contributed by atoms with Crippen molar-refractivity contribution in [3.05, 3.63) is 29.8 Å². The summed E-state index contributed by atoms with van der Waals surface area (Å²) >= 11 is 0. The molecule has 0 aromatic heterocycles. The third-order valence-electron chi connectivity index (χ3n) is 7.02. The Bertz CT molecular complexity index is 720. The van der Waals surface area contributed by atoms with Gasteiger partial charge in [-0.15, -0.1) is 0 Å². The highest BCUT2D eigenvalue weighted by molar-refractivity contribution is 5.96. The zero-order valence-corrected chi connectivity index (χ0v) is 16.6. The number of nitrogens with zero attached hydrogens (tertiary/aromatic N) is 1. The number of piperidine rings is 1. The van der Waals surface area contributed by atoms with E-state index >= 15 is 0 Å². The van der Waals surface area contributed by atoms with E-state index in [1.165, 1.54) is 12.0 Å². The maximum absolute atomic E-state index is 13.1. The van der Waals surface area contributed by atoms with E-state index in [0.29, 0.717) is 5.92 Å². The highest BCUT2D eigenvalue weighted by Gasteiger charge is 2.49. The molecule has 2 aliphatic heterocycles. The van der Waals surface area contributed by atoms with E-state index in [9.17, 15) is 9.59 Å². The van der Waals surface area contributed by atoms with Gasteiger partial charge < -0.3 is 16.4 Å². The van der Waals surface area contributed by atoms with Gasteiger partial charge in [-0.2, -0.15) is 0 Å². The molecule has 152 valence electrons. The molecule has 28 heavy (non-hydrogen) atoms. The zero-order chi connectivity index (χ0) is 19.6. The number of nitrogens with one attached hydrogen (secondary N) is 2. The number of hydrogen-bond donors (Lipinski definition) is 3. The standard InChI is InChI=1S/C22H32N4O2/c23-20(27)17-4-3-11-26(14-17)13-16-6-8-19(9-7-16)25-21(28)22-10-2-1-5-18(22)12-24-15-22/h6-9,17-18,24H,1-5,10-15H2,(H2,23,27)(H,25,28)/t17?,18-,22+/m0/s1. The fourth-order valence-electron chi connectivity index (χ4n) is 5.33. The lowest BCUT2D eigenvalue weighted by Gasteiger charge is -2.37. The van der Waals surface area contributed by atoms with Crippen molar-refractivity contribution in [1.29, 1.82) is 0 Å². The fourth-order valence-corrected chi connectivity index (χ4v) is 5.33. The summed E-state index contributed by atoms with van der Waals surface area (Å²) in [4.78, 5) is 26.8. The predicted molar refractivity (Wildman–Crippen MR) is 110 cm³/mol. The van der Waals surface area contributed by atoms with Crippen LogP contribution >= 0.6 is 0 Å². The molecule has 0 bridgehead atoms. The molecule has 2 amide bonds. The van der Waals surface area contributed by atoms with Crippen molar-refractivity contribution in [2.45, 2.75) is 45.1 Å². The molecule has 1 aliphatic carbocycles. The number of hydrogen-bond acceptors (Lipinski definition) is 4. The average Bonchev–Trinajstić information content (AvgIpc) is 3.15.